The number of thiazole rings is 1. The molecule has 1 fully saturated rings. The Hall–Kier alpha value is -3.25. The number of piperidine rings is 1. The van der Waals surface area contributed by atoms with Crippen molar-refractivity contribution in [2.75, 3.05) is 19.6 Å². The Morgan fingerprint density at radius 1 is 1.09 bits per heavy atom. The maximum absolute atomic E-state index is 12.6. The molecule has 0 atom stereocenters. The first-order valence-electron chi connectivity index (χ1n) is 11.4. The van der Waals surface area contributed by atoms with Crippen LogP contribution in [-0.2, 0) is 16.0 Å². The van der Waals surface area contributed by atoms with Gasteiger partial charge in [0, 0.05) is 42.6 Å². The Balaban J connectivity index is 1.18. The van der Waals surface area contributed by atoms with Gasteiger partial charge in [-0.3, -0.25) is 9.59 Å². The molecular weight excluding hydrogens is 430 g/mol. The molecule has 3 aromatic rings. The lowest BCUT2D eigenvalue weighted by molar-refractivity contribution is -0.132. The fourth-order valence-corrected chi connectivity index (χ4v) is 4.63. The summed E-state index contributed by atoms with van der Waals surface area (Å²) >= 11 is 1.65. The number of aromatic nitrogens is 1. The first kappa shape index (κ1) is 22.9. The first-order valence-corrected chi connectivity index (χ1v) is 12.3. The maximum atomic E-state index is 12.6. The van der Waals surface area contributed by atoms with E-state index in [0.29, 0.717) is 32.5 Å². The molecule has 1 saturated heterocycles. The largest absolute Gasteiger partial charge is 0.356 e. The van der Waals surface area contributed by atoms with Crippen molar-refractivity contribution in [1.29, 1.82) is 0 Å². The minimum absolute atomic E-state index is 0.00831. The smallest absolute Gasteiger partial charge is 0.246 e. The molecule has 4 rings (SSSR count). The van der Waals surface area contributed by atoms with Crippen LogP contribution in [-0.4, -0.2) is 41.3 Å². The average Bonchev–Trinajstić information content (AvgIpc) is 3.30. The second kappa shape index (κ2) is 11.1. The molecule has 2 amide bonds. The highest BCUT2D eigenvalue weighted by Gasteiger charge is 2.26. The Kier molecular flexibility index (Phi) is 7.68. The van der Waals surface area contributed by atoms with Crippen LogP contribution >= 0.6 is 11.3 Å². The molecule has 6 heteroatoms. The molecule has 1 aromatic heterocycles. The third-order valence-electron chi connectivity index (χ3n) is 5.98. The lowest BCUT2D eigenvalue weighted by atomic mass is 9.95. The number of hydrogen-bond donors (Lipinski definition) is 1. The normalized spacial score (nSPS) is 14.5. The summed E-state index contributed by atoms with van der Waals surface area (Å²) in [5.74, 6) is 0.0768. The second-order valence-corrected chi connectivity index (χ2v) is 9.40. The number of rotatable bonds is 7. The predicted octanol–water partition coefficient (Wildman–Crippen LogP) is 4.73. The van der Waals surface area contributed by atoms with Gasteiger partial charge in [0.05, 0.1) is 10.7 Å². The molecule has 0 unspecified atom stereocenters. The molecule has 1 N–H and O–H groups in total. The van der Waals surface area contributed by atoms with Gasteiger partial charge >= 0.3 is 0 Å². The number of benzene rings is 2. The van der Waals surface area contributed by atoms with Gasteiger partial charge in [-0.25, -0.2) is 4.98 Å². The number of carbonyl (C=O) groups excluding carboxylic acids is 2. The van der Waals surface area contributed by atoms with Gasteiger partial charge in [-0.1, -0.05) is 54.6 Å². The number of amides is 2. The zero-order valence-electron chi connectivity index (χ0n) is 18.9. The fraction of sp³-hybridized carbons (Fsp3) is 0.296. The van der Waals surface area contributed by atoms with Crippen molar-refractivity contribution >= 4 is 29.2 Å². The predicted molar refractivity (Wildman–Crippen MR) is 134 cm³/mol. The van der Waals surface area contributed by atoms with E-state index in [1.54, 1.807) is 17.4 Å². The Morgan fingerprint density at radius 3 is 2.48 bits per heavy atom. The van der Waals surface area contributed by atoms with Crippen molar-refractivity contribution in [3.05, 3.63) is 82.2 Å². The molecule has 2 heterocycles. The van der Waals surface area contributed by atoms with Gasteiger partial charge in [-0.05, 0) is 43.4 Å². The number of carbonyl (C=O) groups is 2. The standard InChI is InChI=1S/C27H29N3O2S/c1-20-29-25(19-33-20)23-10-7-22(8-11-23)13-16-28-27(32)24-14-17-30(18-15-24)26(31)12-9-21-5-3-2-4-6-21/h2-12,19,24H,13-18H2,1H3,(H,28,32)/b12-9+. The fourth-order valence-electron chi connectivity index (χ4n) is 4.01. The van der Waals surface area contributed by atoms with E-state index in [9.17, 15) is 9.59 Å². The van der Waals surface area contributed by atoms with Crippen LogP contribution in [0.3, 0.4) is 0 Å². The Labute approximate surface area is 199 Å². The minimum atomic E-state index is -0.0255. The molecule has 0 radical (unpaired) electrons. The highest BCUT2D eigenvalue weighted by Crippen LogP contribution is 2.22. The molecule has 0 aliphatic carbocycles. The van der Waals surface area contributed by atoms with E-state index in [-0.39, 0.29) is 17.7 Å². The Bertz CT molecular complexity index is 1100. The van der Waals surface area contributed by atoms with Gasteiger partial charge in [-0.15, -0.1) is 11.3 Å². The maximum Gasteiger partial charge on any atom is 0.246 e. The van der Waals surface area contributed by atoms with Gasteiger partial charge in [0.1, 0.15) is 0 Å². The van der Waals surface area contributed by atoms with Crippen molar-refractivity contribution in [1.82, 2.24) is 15.2 Å². The monoisotopic (exact) mass is 459 g/mol. The molecule has 0 bridgehead atoms. The van der Waals surface area contributed by atoms with E-state index in [1.165, 1.54) is 5.56 Å². The van der Waals surface area contributed by atoms with Crippen LogP contribution in [0.15, 0.2) is 66.1 Å². The Morgan fingerprint density at radius 2 is 1.82 bits per heavy atom. The third-order valence-corrected chi connectivity index (χ3v) is 6.75. The summed E-state index contributed by atoms with van der Waals surface area (Å²) < 4.78 is 0. The van der Waals surface area contributed by atoms with Gasteiger partial charge in [-0.2, -0.15) is 0 Å². The average molecular weight is 460 g/mol. The summed E-state index contributed by atoms with van der Waals surface area (Å²) in [7, 11) is 0. The summed E-state index contributed by atoms with van der Waals surface area (Å²) in [6.45, 7) is 3.87. The molecule has 33 heavy (non-hydrogen) atoms. The van der Waals surface area contributed by atoms with Crippen LogP contribution in [0.5, 0.6) is 0 Å². The quantitative estimate of drug-likeness (QED) is 0.520. The van der Waals surface area contributed by atoms with Crippen LogP contribution in [0.2, 0.25) is 0 Å². The van der Waals surface area contributed by atoms with Crippen molar-refractivity contribution in [2.45, 2.75) is 26.2 Å². The molecule has 0 spiro atoms. The van der Waals surface area contributed by atoms with Crippen molar-refractivity contribution in [3.8, 4) is 11.3 Å². The number of nitrogens with one attached hydrogen (secondary N) is 1. The lowest BCUT2D eigenvalue weighted by Crippen LogP contribution is -2.42. The molecule has 1 aliphatic rings. The summed E-state index contributed by atoms with van der Waals surface area (Å²) in [6, 6.07) is 18.2. The van der Waals surface area contributed by atoms with Crippen LogP contribution in [0.25, 0.3) is 17.3 Å². The minimum Gasteiger partial charge on any atom is -0.356 e. The topological polar surface area (TPSA) is 62.3 Å². The van der Waals surface area contributed by atoms with E-state index >= 15 is 0 Å². The highest BCUT2D eigenvalue weighted by atomic mass is 32.1. The summed E-state index contributed by atoms with van der Waals surface area (Å²) in [5.41, 5.74) is 4.33. The van der Waals surface area contributed by atoms with Gasteiger partial charge in [0.25, 0.3) is 0 Å². The van der Waals surface area contributed by atoms with Gasteiger partial charge in [0.2, 0.25) is 11.8 Å². The van der Waals surface area contributed by atoms with E-state index in [2.05, 4.69) is 39.9 Å². The summed E-state index contributed by atoms with van der Waals surface area (Å²) in [4.78, 5) is 31.4. The third kappa shape index (κ3) is 6.39. The van der Waals surface area contributed by atoms with E-state index in [0.717, 1.165) is 28.2 Å². The summed E-state index contributed by atoms with van der Waals surface area (Å²) in [5, 5.41) is 6.21. The first-order chi connectivity index (χ1) is 16.1. The number of likely N-dealkylation sites (tertiary alicyclic amines) is 1. The molecule has 5 nitrogen and oxygen atoms in total. The van der Waals surface area contributed by atoms with Gasteiger partial charge < -0.3 is 10.2 Å². The summed E-state index contributed by atoms with van der Waals surface area (Å²) in [6.07, 6.45) is 5.67. The zero-order chi connectivity index (χ0) is 23.0. The number of nitrogens with zero attached hydrogens (tertiary/aromatic N) is 2. The van der Waals surface area contributed by atoms with Crippen molar-refractivity contribution < 1.29 is 9.59 Å². The molecular formula is C27H29N3O2S. The lowest BCUT2D eigenvalue weighted by Gasteiger charge is -2.30. The highest BCUT2D eigenvalue weighted by molar-refractivity contribution is 7.09. The van der Waals surface area contributed by atoms with E-state index in [4.69, 9.17) is 0 Å². The van der Waals surface area contributed by atoms with Gasteiger partial charge in [0.15, 0.2) is 0 Å². The molecule has 0 saturated carbocycles. The van der Waals surface area contributed by atoms with Crippen LogP contribution in [0.1, 0.15) is 29.0 Å². The van der Waals surface area contributed by atoms with Crippen LogP contribution in [0, 0.1) is 12.8 Å². The molecule has 1 aliphatic heterocycles. The van der Waals surface area contributed by atoms with Crippen molar-refractivity contribution in [3.63, 3.8) is 0 Å². The SMILES string of the molecule is Cc1nc(-c2ccc(CCNC(=O)C3CCN(C(=O)/C=C/c4ccccc4)CC3)cc2)cs1. The second-order valence-electron chi connectivity index (χ2n) is 8.33. The molecule has 170 valence electrons. The van der Waals surface area contributed by atoms with E-state index in [1.807, 2.05) is 48.2 Å². The van der Waals surface area contributed by atoms with E-state index < -0.39 is 0 Å². The number of hydrogen-bond acceptors (Lipinski definition) is 4. The number of aryl methyl sites for hydroxylation is 1. The molecule has 2 aromatic carbocycles. The zero-order valence-corrected chi connectivity index (χ0v) is 19.7. The van der Waals surface area contributed by atoms with Crippen LogP contribution in [0.4, 0.5) is 0 Å². The van der Waals surface area contributed by atoms with Crippen LogP contribution < -0.4 is 5.32 Å². The van der Waals surface area contributed by atoms with Crippen molar-refractivity contribution in [2.24, 2.45) is 5.92 Å².